The van der Waals surface area contributed by atoms with Gasteiger partial charge in [0.2, 0.25) is 0 Å². The summed E-state index contributed by atoms with van der Waals surface area (Å²) in [7, 11) is -3.54. The molecule has 170 valence electrons. The number of rotatable bonds is 6. The molecule has 32 heavy (non-hydrogen) atoms. The average Bonchev–Trinajstić information content (AvgIpc) is 3.17. The lowest BCUT2D eigenvalue weighted by molar-refractivity contribution is 0.0391. The van der Waals surface area contributed by atoms with Gasteiger partial charge in [-0.25, -0.2) is 22.2 Å². The Hall–Kier alpha value is -2.47. The Balaban J connectivity index is 1.73. The van der Waals surface area contributed by atoms with E-state index in [2.05, 4.69) is 9.88 Å². The molecular weight excluding hydrogens is 460 g/mol. The summed E-state index contributed by atoms with van der Waals surface area (Å²) < 4.78 is 58.0. The van der Waals surface area contributed by atoms with Gasteiger partial charge in [0.05, 0.1) is 28.4 Å². The van der Waals surface area contributed by atoms with Crippen LogP contribution in [0.25, 0.3) is 10.2 Å². The quantitative estimate of drug-likeness (QED) is 0.539. The van der Waals surface area contributed by atoms with Gasteiger partial charge in [0.25, 0.3) is 5.91 Å². The van der Waals surface area contributed by atoms with Crippen LogP contribution in [0.5, 0.6) is 0 Å². The van der Waals surface area contributed by atoms with Crippen molar-refractivity contribution >= 4 is 42.4 Å². The van der Waals surface area contributed by atoms with E-state index in [-0.39, 0.29) is 27.7 Å². The molecule has 0 radical (unpaired) electrons. The fraction of sp³-hybridized carbons (Fsp3) is 0.333. The van der Waals surface area contributed by atoms with E-state index in [9.17, 15) is 22.0 Å². The number of carbonyl (C=O) groups is 1. The maximum atomic E-state index is 14.4. The Morgan fingerprint density at radius 3 is 2.66 bits per heavy atom. The second kappa shape index (κ2) is 9.18. The highest BCUT2D eigenvalue weighted by molar-refractivity contribution is 7.91. The summed E-state index contributed by atoms with van der Waals surface area (Å²) in [6.07, 6.45) is 1.09. The summed E-state index contributed by atoms with van der Waals surface area (Å²) >= 11 is 1.14. The molecule has 0 unspecified atom stereocenters. The highest BCUT2D eigenvalue weighted by atomic mass is 32.2. The molecule has 2 aromatic carbocycles. The molecule has 1 saturated heterocycles. The van der Waals surface area contributed by atoms with Gasteiger partial charge in [-0.2, -0.15) is 0 Å². The predicted molar refractivity (Wildman–Crippen MR) is 118 cm³/mol. The van der Waals surface area contributed by atoms with Gasteiger partial charge >= 0.3 is 0 Å². The zero-order valence-corrected chi connectivity index (χ0v) is 18.9. The molecule has 0 atom stereocenters. The monoisotopic (exact) mass is 481 g/mol. The maximum Gasteiger partial charge on any atom is 0.263 e. The van der Waals surface area contributed by atoms with E-state index >= 15 is 0 Å². The Morgan fingerprint density at radius 1 is 1.22 bits per heavy atom. The van der Waals surface area contributed by atoms with Crippen LogP contribution in [-0.4, -0.2) is 69.9 Å². The number of sulfone groups is 1. The van der Waals surface area contributed by atoms with E-state index < -0.39 is 27.4 Å². The van der Waals surface area contributed by atoms with Gasteiger partial charge in [-0.15, -0.1) is 0 Å². The minimum absolute atomic E-state index is 0.0611. The molecule has 1 fully saturated rings. The first-order chi connectivity index (χ1) is 15.2. The summed E-state index contributed by atoms with van der Waals surface area (Å²) in [5.74, 6) is -2.42. The summed E-state index contributed by atoms with van der Waals surface area (Å²) in [5.41, 5.74) is -0.0188. The fourth-order valence-electron chi connectivity index (χ4n) is 3.48. The number of hydrogen-bond acceptors (Lipinski definition) is 7. The second-order valence-corrected chi connectivity index (χ2v) is 10.4. The van der Waals surface area contributed by atoms with Gasteiger partial charge in [-0.05, 0) is 24.3 Å². The first kappa shape index (κ1) is 22.7. The summed E-state index contributed by atoms with van der Waals surface area (Å²) in [5, 5.41) is 0.248. The third-order valence-electron chi connectivity index (χ3n) is 5.15. The molecular formula is C21H21F2N3O4S2. The molecule has 1 aliphatic heterocycles. The van der Waals surface area contributed by atoms with E-state index in [0.717, 1.165) is 29.7 Å². The maximum absolute atomic E-state index is 14.4. The molecule has 0 saturated carbocycles. The fourth-order valence-corrected chi connectivity index (χ4v) is 5.40. The first-order valence-electron chi connectivity index (χ1n) is 9.90. The molecule has 2 heterocycles. The number of para-hydroxylation sites is 1. The number of morpholine rings is 1. The molecule has 3 aromatic rings. The molecule has 1 aromatic heterocycles. The highest BCUT2D eigenvalue weighted by Crippen LogP contribution is 2.33. The van der Waals surface area contributed by atoms with E-state index in [4.69, 9.17) is 4.74 Å². The third-order valence-corrected chi connectivity index (χ3v) is 7.32. The predicted octanol–water partition coefficient (Wildman–Crippen LogP) is 2.96. The number of amides is 1. The van der Waals surface area contributed by atoms with Crippen LogP contribution in [0.4, 0.5) is 13.9 Å². The topological polar surface area (TPSA) is 79.8 Å². The van der Waals surface area contributed by atoms with Gasteiger partial charge in [0.15, 0.2) is 15.0 Å². The lowest BCUT2D eigenvalue weighted by Crippen LogP contribution is -2.43. The number of benzene rings is 2. The minimum Gasteiger partial charge on any atom is -0.379 e. The Labute approximate surface area is 188 Å². The number of anilines is 1. The van der Waals surface area contributed by atoms with Crippen molar-refractivity contribution in [2.75, 3.05) is 50.5 Å². The first-order valence-corrected chi connectivity index (χ1v) is 12.6. The smallest absolute Gasteiger partial charge is 0.263 e. The van der Waals surface area contributed by atoms with Crippen LogP contribution >= 0.6 is 11.3 Å². The molecule has 11 heteroatoms. The van der Waals surface area contributed by atoms with Crippen LogP contribution in [0.15, 0.2) is 41.3 Å². The lowest BCUT2D eigenvalue weighted by atomic mass is 10.2. The molecule has 4 rings (SSSR count). The number of aromatic nitrogens is 1. The summed E-state index contributed by atoms with van der Waals surface area (Å²) in [4.78, 5) is 21.2. The Morgan fingerprint density at radius 2 is 1.97 bits per heavy atom. The minimum atomic E-state index is -3.54. The van der Waals surface area contributed by atoms with Crippen molar-refractivity contribution in [3.63, 3.8) is 0 Å². The SMILES string of the molecule is CS(=O)(=O)c1cccc2sc(N(CCN3CCOCC3)C(=O)c3ccc(F)cc3F)nc12. The molecule has 0 N–H and O–H groups in total. The number of ether oxygens (including phenoxy) is 1. The van der Waals surface area contributed by atoms with Crippen molar-refractivity contribution in [3.8, 4) is 0 Å². The van der Waals surface area contributed by atoms with Crippen molar-refractivity contribution in [1.82, 2.24) is 9.88 Å². The number of thiazole rings is 1. The van der Waals surface area contributed by atoms with Crippen molar-refractivity contribution in [2.45, 2.75) is 4.90 Å². The van der Waals surface area contributed by atoms with Crippen molar-refractivity contribution in [1.29, 1.82) is 0 Å². The summed E-state index contributed by atoms with van der Waals surface area (Å²) in [6.45, 7) is 3.26. The van der Waals surface area contributed by atoms with Gasteiger partial charge in [0.1, 0.15) is 17.2 Å². The lowest BCUT2D eigenvalue weighted by Gasteiger charge is -2.29. The molecule has 0 spiro atoms. The number of hydrogen-bond donors (Lipinski definition) is 0. The van der Waals surface area contributed by atoms with Crippen LogP contribution in [0, 0.1) is 11.6 Å². The highest BCUT2D eigenvalue weighted by Gasteiger charge is 2.26. The van der Waals surface area contributed by atoms with Gasteiger partial charge < -0.3 is 4.74 Å². The standard InChI is InChI=1S/C21H21F2N3O4S2/c1-32(28,29)18-4-2-3-17-19(18)24-21(31-17)26(8-7-25-9-11-30-12-10-25)20(27)15-6-5-14(22)13-16(15)23/h2-6,13H,7-12H2,1H3. The van der Waals surface area contributed by atoms with E-state index in [1.807, 2.05) is 0 Å². The normalized spacial score (nSPS) is 15.2. The molecule has 0 aliphatic carbocycles. The van der Waals surface area contributed by atoms with Crippen LogP contribution in [0.3, 0.4) is 0 Å². The van der Waals surface area contributed by atoms with Crippen LogP contribution < -0.4 is 4.90 Å². The van der Waals surface area contributed by atoms with Crippen LogP contribution in [-0.2, 0) is 14.6 Å². The van der Waals surface area contributed by atoms with Crippen molar-refractivity contribution < 1.29 is 26.7 Å². The van der Waals surface area contributed by atoms with Gasteiger partial charge in [0, 0.05) is 38.5 Å². The van der Waals surface area contributed by atoms with Gasteiger partial charge in [-0.1, -0.05) is 17.4 Å². The molecule has 7 nitrogen and oxygen atoms in total. The van der Waals surface area contributed by atoms with Crippen molar-refractivity contribution in [3.05, 3.63) is 53.6 Å². The van der Waals surface area contributed by atoms with Gasteiger partial charge in [-0.3, -0.25) is 14.6 Å². The largest absolute Gasteiger partial charge is 0.379 e. The molecule has 1 aliphatic rings. The second-order valence-electron chi connectivity index (χ2n) is 7.41. The van der Waals surface area contributed by atoms with Crippen LogP contribution in [0.1, 0.15) is 10.4 Å². The number of carbonyl (C=O) groups excluding carboxylic acids is 1. The average molecular weight is 482 g/mol. The van der Waals surface area contributed by atoms with E-state index in [1.165, 1.54) is 11.0 Å². The number of halogens is 2. The van der Waals surface area contributed by atoms with Crippen LogP contribution in [0.2, 0.25) is 0 Å². The molecule has 1 amide bonds. The van der Waals surface area contributed by atoms with E-state index in [1.54, 1.807) is 12.1 Å². The molecule has 0 bridgehead atoms. The number of nitrogens with zero attached hydrogens (tertiary/aromatic N) is 3. The Kier molecular flexibility index (Phi) is 6.52. The zero-order valence-electron chi connectivity index (χ0n) is 17.3. The number of fused-ring (bicyclic) bond motifs is 1. The zero-order chi connectivity index (χ0) is 22.9. The van der Waals surface area contributed by atoms with E-state index in [0.29, 0.717) is 43.6 Å². The van der Waals surface area contributed by atoms with Crippen molar-refractivity contribution in [2.24, 2.45) is 0 Å². The third kappa shape index (κ3) is 4.80. The Bertz CT molecular complexity index is 1260. The summed E-state index contributed by atoms with van der Waals surface area (Å²) in [6, 6.07) is 7.57.